The fourth-order valence-electron chi connectivity index (χ4n) is 0.635. The molecule has 2 radical (unpaired) electrons. The Balaban J connectivity index is -0.0000000251. The van der Waals surface area contributed by atoms with Crippen LogP contribution in [0.3, 0.4) is 0 Å². The second kappa shape index (κ2) is 105. The molecule has 266 valence electrons. The van der Waals surface area contributed by atoms with E-state index < -0.39 is 35.5 Å². The monoisotopic (exact) mass is 836 g/mol. The number of aliphatic hydroxyl groups is 1. The van der Waals surface area contributed by atoms with Crippen LogP contribution in [0.2, 0.25) is 0 Å². The number of nitrogens with two attached hydrogens (primary N) is 3. The number of thiocarbonyl (C=S) groups is 1. The molecule has 0 unspecified atom stereocenters. The Morgan fingerprint density at radius 3 is 1.26 bits per heavy atom. The van der Waals surface area contributed by atoms with E-state index in [-0.39, 0.29) is 56.3 Å². The topological polar surface area (TPSA) is 297 Å². The molecule has 0 bridgehead atoms. The molecule has 0 aliphatic carbocycles. The van der Waals surface area contributed by atoms with Crippen LogP contribution >= 0.6 is 53.3 Å². The van der Waals surface area contributed by atoms with Gasteiger partial charge in [0.15, 0.2) is 5.11 Å². The number of nitrogens with zero attached hydrogens (tertiary/aromatic N) is 2. The first-order valence-electron chi connectivity index (χ1n) is 10.1. The van der Waals surface area contributed by atoms with Crippen molar-refractivity contribution in [2.45, 2.75) is 42.5 Å². The molecule has 12 N–H and O–H groups in total. The number of aliphatic hydroxyl groups excluding tert-OH is 1. The van der Waals surface area contributed by atoms with Crippen molar-refractivity contribution in [1.82, 2.24) is 5.32 Å². The third kappa shape index (κ3) is 273. The van der Waals surface area contributed by atoms with Gasteiger partial charge in [0.2, 0.25) is 0 Å². The Bertz CT molecular complexity index is 406. The zero-order valence-corrected chi connectivity index (χ0v) is 29.9. The first-order valence-corrected chi connectivity index (χ1v) is 18.8. The van der Waals surface area contributed by atoms with Gasteiger partial charge in [-0.1, -0.05) is 14.9 Å². The number of halogens is 4. The molecule has 0 spiro atoms. The molecular weight excluding hydrogens is 781 g/mol. The molecule has 0 saturated carbocycles. The van der Waals surface area contributed by atoms with E-state index in [0.29, 0.717) is 26.7 Å². The summed E-state index contributed by atoms with van der Waals surface area (Å²) in [6.07, 6.45) is 0. The van der Waals surface area contributed by atoms with Crippen molar-refractivity contribution in [3.63, 3.8) is 0 Å². The number of nitro groups is 2. The fraction of sp³-hybridized carbons (Fsp3) is 0.842. The number of hydrogen-bond donors (Lipinski definition) is 5. The first kappa shape index (κ1) is 78.4. The summed E-state index contributed by atoms with van der Waals surface area (Å²) in [5.74, 6) is 0. The molecule has 0 aliphatic heterocycles. The molecule has 0 amide bonds. The molecule has 0 fully saturated rings. The minimum atomic E-state index is -0.826. The molecule has 0 aromatic carbocycles. The molecule has 0 rings (SSSR count). The van der Waals surface area contributed by atoms with E-state index in [9.17, 15) is 20.2 Å². The Hall–Kier alpha value is -0.171. The minimum absolute atomic E-state index is 0. The summed E-state index contributed by atoms with van der Waals surface area (Å²) >= 11 is 13.2. The summed E-state index contributed by atoms with van der Waals surface area (Å²) in [7, 11) is 9.87. The Labute approximate surface area is 284 Å². The Kier molecular flexibility index (Phi) is 196. The van der Waals surface area contributed by atoms with Gasteiger partial charge in [0.25, 0.3) is 0 Å². The van der Waals surface area contributed by atoms with E-state index in [1.165, 1.54) is 0 Å². The van der Waals surface area contributed by atoms with Gasteiger partial charge in [-0.2, -0.15) is 0 Å². The zero-order chi connectivity index (χ0) is 32.0. The van der Waals surface area contributed by atoms with E-state index in [4.69, 9.17) is 68.1 Å². The van der Waals surface area contributed by atoms with E-state index >= 15 is 0 Å². The van der Waals surface area contributed by atoms with Crippen LogP contribution in [0.5, 0.6) is 0 Å². The number of ether oxygens (including phenoxy) is 4. The molecule has 0 aromatic heterocycles. The average Bonchev–Trinajstić information content (AvgIpc) is 2.86. The molecular formula is C19H56Cl4N6O11SSn. The standard InChI is InChI=1S/C4H10N2OS.C3H7NO3.C3H9NO.C2H6N2O3.C2H6O.C2H4.CH2Cl2.2CH4.2ClH.2H2O.Sn/c1-2-7-3-6-4(5)8;1-2-7-3-4(5)6;1-2-5-3-4;3-1-7-2-4(5)6;1-2-3;1-2;2-1-3;;;;;;;/h2-3H2,1H3,(H3,5,6,8);2-3H2,1H3;2-4H2,1H3;1-3H2;3H,2H2,1H3;1-2H2;1H2;2*1H4;2*1H;2*1H2;/q;;;;;;;;;;;;;+2/p-2. The van der Waals surface area contributed by atoms with Gasteiger partial charge >= 0.3 is 50.2 Å². The van der Waals surface area contributed by atoms with Gasteiger partial charge in [-0.25, -0.2) is 0 Å². The van der Waals surface area contributed by atoms with Crippen molar-refractivity contribution in [1.29, 1.82) is 0 Å². The fourth-order valence-corrected chi connectivity index (χ4v) is 0.694. The van der Waals surface area contributed by atoms with Crippen LogP contribution in [0.15, 0.2) is 13.2 Å². The first-order chi connectivity index (χ1) is 18.0. The molecule has 42 heavy (non-hydrogen) atoms. The number of hydrogen-bond acceptors (Lipinski definition) is 12. The van der Waals surface area contributed by atoms with E-state index in [2.05, 4.69) is 44.9 Å². The van der Waals surface area contributed by atoms with Crippen molar-refractivity contribution < 1.29 is 44.9 Å². The van der Waals surface area contributed by atoms with Gasteiger partial charge in [0.1, 0.15) is 13.5 Å². The summed E-state index contributed by atoms with van der Waals surface area (Å²) in [4.78, 5) is 17.7. The van der Waals surface area contributed by atoms with Crippen molar-refractivity contribution in [2.24, 2.45) is 17.2 Å². The van der Waals surface area contributed by atoms with Gasteiger partial charge in [-0.3, -0.25) is 20.2 Å². The summed E-state index contributed by atoms with van der Waals surface area (Å²) in [5.41, 5.74) is 14.7. The van der Waals surface area contributed by atoms with Crippen molar-refractivity contribution in [3.8, 4) is 0 Å². The Morgan fingerprint density at radius 2 is 1.14 bits per heavy atom. The molecule has 17 nitrogen and oxygen atoms in total. The molecule has 0 aliphatic rings. The summed E-state index contributed by atoms with van der Waals surface area (Å²) in [5, 5.41) is 29.5. The average molecular weight is 837 g/mol. The number of alkyl halides is 2. The quantitative estimate of drug-likeness (QED) is 0.0291. The number of nitrogens with one attached hydrogen (secondary N) is 1. The maximum atomic E-state index is 9.44. The maximum absolute atomic E-state index is 9.44. The van der Waals surface area contributed by atoms with E-state index in [1.807, 2.05) is 13.8 Å². The van der Waals surface area contributed by atoms with Crippen LogP contribution in [0.25, 0.3) is 0 Å². The Morgan fingerprint density at radius 1 is 0.881 bits per heavy atom. The molecule has 0 saturated heterocycles. The summed E-state index contributed by atoms with van der Waals surface area (Å²) in [6.45, 7) is 15.0. The van der Waals surface area contributed by atoms with E-state index in [0.717, 1.165) is 6.61 Å². The molecule has 0 heterocycles. The summed E-state index contributed by atoms with van der Waals surface area (Å²) in [6, 6.07) is 0. The molecule has 0 aromatic rings. The SMILES string of the molecule is C.C.C=C.CCO.CCOCN.CCOCNC(N)=S.CCOC[N+](=O)[O-].ClCCl.NCOC[N+](=O)[O-].O.O.[Cl][Sn][Cl]. The van der Waals surface area contributed by atoms with Crippen molar-refractivity contribution in [3.05, 3.63) is 33.4 Å². The van der Waals surface area contributed by atoms with Gasteiger partial charge in [0.05, 0.1) is 18.7 Å². The van der Waals surface area contributed by atoms with E-state index in [1.54, 1.807) is 13.8 Å². The molecule has 0 atom stereocenters. The van der Waals surface area contributed by atoms with Crippen LogP contribution in [0, 0.1) is 20.2 Å². The predicted octanol–water partition coefficient (Wildman–Crippen LogP) is 2.01. The second-order valence-electron chi connectivity index (χ2n) is 4.11. The van der Waals surface area contributed by atoms with Crippen molar-refractivity contribution in [2.75, 3.05) is 65.4 Å². The third-order valence-electron chi connectivity index (χ3n) is 1.59. The normalized spacial score (nSPS) is 6.93. The second-order valence-corrected chi connectivity index (χ2v) is 9.60. The van der Waals surface area contributed by atoms with Crippen LogP contribution in [0.1, 0.15) is 42.5 Å². The molecule has 23 heteroatoms. The predicted molar refractivity (Wildman–Crippen MR) is 181 cm³/mol. The third-order valence-corrected chi connectivity index (χ3v) is 1.73. The van der Waals surface area contributed by atoms with Crippen molar-refractivity contribution >= 4 is 77.3 Å². The van der Waals surface area contributed by atoms with Gasteiger partial charge in [0, 0.05) is 29.7 Å². The number of rotatable bonds is 11. The summed E-state index contributed by atoms with van der Waals surface area (Å²) < 4.78 is 18.0. The zero-order valence-electron chi connectivity index (χ0n) is 23.2. The van der Waals surface area contributed by atoms with Crippen LogP contribution in [0.4, 0.5) is 0 Å². The van der Waals surface area contributed by atoms with Gasteiger partial charge in [-0.15, -0.1) is 36.4 Å². The van der Waals surface area contributed by atoms with Crippen LogP contribution < -0.4 is 22.5 Å². The van der Waals surface area contributed by atoms with Gasteiger partial charge in [-0.05, 0) is 39.9 Å². The van der Waals surface area contributed by atoms with Gasteiger partial charge < -0.3 is 57.5 Å². The van der Waals surface area contributed by atoms with Crippen LogP contribution in [-0.4, -0.2) is 115 Å². The van der Waals surface area contributed by atoms with Crippen LogP contribution in [-0.2, 0) is 18.9 Å².